The molecule has 8 heteroatoms. The lowest BCUT2D eigenvalue weighted by atomic mass is 10.1. The van der Waals surface area contributed by atoms with E-state index < -0.39 is 9.84 Å². The van der Waals surface area contributed by atoms with Crippen molar-refractivity contribution < 1.29 is 12.9 Å². The van der Waals surface area contributed by atoms with Crippen LogP contribution in [0.5, 0.6) is 0 Å². The van der Waals surface area contributed by atoms with Gasteiger partial charge in [-0.3, -0.25) is 4.98 Å². The standard InChI is InChI=1S/C12H14N4O3S/c13-6-10-5-8(1-3-14-10)12-15-11(16-19-12)9-2-4-20(17,18)7-9/h1,3,5,9H,2,4,6-7,13H2. The highest BCUT2D eigenvalue weighted by molar-refractivity contribution is 7.91. The lowest BCUT2D eigenvalue weighted by molar-refractivity contribution is 0.418. The Balaban J connectivity index is 1.87. The molecule has 0 aliphatic carbocycles. The summed E-state index contributed by atoms with van der Waals surface area (Å²) in [4.78, 5) is 8.39. The monoisotopic (exact) mass is 294 g/mol. The van der Waals surface area contributed by atoms with E-state index in [0.717, 1.165) is 11.3 Å². The molecule has 1 aliphatic rings. The van der Waals surface area contributed by atoms with Gasteiger partial charge in [-0.25, -0.2) is 8.42 Å². The van der Waals surface area contributed by atoms with Gasteiger partial charge in [-0.05, 0) is 18.6 Å². The highest BCUT2D eigenvalue weighted by Crippen LogP contribution is 2.28. The van der Waals surface area contributed by atoms with E-state index in [9.17, 15) is 8.42 Å². The molecule has 1 atom stereocenters. The number of nitrogens with two attached hydrogens (primary N) is 1. The van der Waals surface area contributed by atoms with Gasteiger partial charge < -0.3 is 10.3 Å². The van der Waals surface area contributed by atoms with Crippen LogP contribution in [0.3, 0.4) is 0 Å². The van der Waals surface area contributed by atoms with Crippen molar-refractivity contribution in [1.82, 2.24) is 15.1 Å². The molecule has 3 heterocycles. The van der Waals surface area contributed by atoms with Gasteiger partial charge >= 0.3 is 0 Å². The van der Waals surface area contributed by atoms with Crippen molar-refractivity contribution in [1.29, 1.82) is 0 Å². The molecule has 2 N–H and O–H groups in total. The van der Waals surface area contributed by atoms with E-state index in [2.05, 4.69) is 15.1 Å². The number of rotatable bonds is 3. The van der Waals surface area contributed by atoms with Crippen molar-refractivity contribution in [2.75, 3.05) is 11.5 Å². The molecule has 1 unspecified atom stereocenters. The summed E-state index contributed by atoms with van der Waals surface area (Å²) in [5, 5.41) is 3.89. The molecule has 7 nitrogen and oxygen atoms in total. The molecule has 0 bridgehead atoms. The maximum atomic E-state index is 11.5. The van der Waals surface area contributed by atoms with Crippen molar-refractivity contribution in [2.24, 2.45) is 5.73 Å². The molecule has 1 aliphatic heterocycles. The van der Waals surface area contributed by atoms with E-state index in [1.807, 2.05) is 0 Å². The molecule has 0 spiro atoms. The Morgan fingerprint density at radius 1 is 1.45 bits per heavy atom. The van der Waals surface area contributed by atoms with Crippen LogP contribution in [0, 0.1) is 0 Å². The van der Waals surface area contributed by atoms with Crippen LogP contribution in [-0.4, -0.2) is 35.0 Å². The third-order valence-electron chi connectivity index (χ3n) is 3.31. The molecule has 2 aromatic rings. The fraction of sp³-hybridized carbons (Fsp3) is 0.417. The van der Waals surface area contributed by atoms with Gasteiger partial charge in [0.1, 0.15) is 0 Å². The number of sulfone groups is 1. The zero-order valence-electron chi connectivity index (χ0n) is 10.7. The molecule has 3 rings (SSSR count). The maximum absolute atomic E-state index is 11.5. The zero-order valence-corrected chi connectivity index (χ0v) is 11.5. The molecule has 0 amide bonds. The van der Waals surface area contributed by atoms with Crippen LogP contribution in [0.2, 0.25) is 0 Å². The number of hydrogen-bond acceptors (Lipinski definition) is 7. The van der Waals surface area contributed by atoms with Crippen LogP contribution in [-0.2, 0) is 16.4 Å². The summed E-state index contributed by atoms with van der Waals surface area (Å²) in [5.74, 6) is 0.923. The normalized spacial score (nSPS) is 21.1. The van der Waals surface area contributed by atoms with E-state index in [0.29, 0.717) is 24.7 Å². The minimum Gasteiger partial charge on any atom is -0.334 e. The van der Waals surface area contributed by atoms with E-state index >= 15 is 0 Å². The van der Waals surface area contributed by atoms with E-state index in [-0.39, 0.29) is 17.4 Å². The molecule has 0 radical (unpaired) electrons. The van der Waals surface area contributed by atoms with Crippen LogP contribution in [0.1, 0.15) is 23.9 Å². The van der Waals surface area contributed by atoms with Gasteiger partial charge in [0.2, 0.25) is 0 Å². The first kappa shape index (κ1) is 13.2. The second-order valence-electron chi connectivity index (χ2n) is 4.80. The lowest BCUT2D eigenvalue weighted by Crippen LogP contribution is -2.05. The zero-order chi connectivity index (χ0) is 14.2. The van der Waals surface area contributed by atoms with E-state index in [1.54, 1.807) is 18.3 Å². The van der Waals surface area contributed by atoms with Gasteiger partial charge in [-0.15, -0.1) is 0 Å². The fourth-order valence-electron chi connectivity index (χ4n) is 2.24. The van der Waals surface area contributed by atoms with Gasteiger partial charge in [0.05, 0.1) is 17.2 Å². The molecule has 0 saturated carbocycles. The largest absolute Gasteiger partial charge is 0.334 e. The molecule has 2 aromatic heterocycles. The number of hydrogen-bond donors (Lipinski definition) is 1. The highest BCUT2D eigenvalue weighted by Gasteiger charge is 2.32. The van der Waals surface area contributed by atoms with Crippen LogP contribution in [0.15, 0.2) is 22.9 Å². The van der Waals surface area contributed by atoms with Crippen LogP contribution in [0.4, 0.5) is 0 Å². The molecule has 1 saturated heterocycles. The molecular formula is C12H14N4O3S. The molecule has 106 valence electrons. The number of pyridine rings is 1. The predicted molar refractivity (Wildman–Crippen MR) is 71.4 cm³/mol. The van der Waals surface area contributed by atoms with Crippen molar-refractivity contribution in [2.45, 2.75) is 18.9 Å². The number of aromatic nitrogens is 3. The van der Waals surface area contributed by atoms with Gasteiger partial charge in [-0.2, -0.15) is 4.98 Å². The Bertz CT molecular complexity index is 726. The summed E-state index contributed by atoms with van der Waals surface area (Å²) in [5.41, 5.74) is 7.00. The Kier molecular flexibility index (Phi) is 3.27. The minimum absolute atomic E-state index is 0.0936. The Morgan fingerprint density at radius 3 is 3.00 bits per heavy atom. The maximum Gasteiger partial charge on any atom is 0.258 e. The summed E-state index contributed by atoms with van der Waals surface area (Å²) in [6.45, 7) is 0.329. The summed E-state index contributed by atoms with van der Waals surface area (Å²) in [6, 6.07) is 3.53. The minimum atomic E-state index is -2.96. The topological polar surface area (TPSA) is 112 Å². The smallest absolute Gasteiger partial charge is 0.258 e. The molecule has 1 fully saturated rings. The third kappa shape index (κ3) is 2.56. The van der Waals surface area contributed by atoms with E-state index in [1.165, 1.54) is 0 Å². The average Bonchev–Trinajstić information content (AvgIpc) is 3.05. The summed E-state index contributed by atoms with van der Waals surface area (Å²) in [7, 11) is -2.96. The van der Waals surface area contributed by atoms with Gasteiger partial charge in [0.15, 0.2) is 15.7 Å². The second-order valence-corrected chi connectivity index (χ2v) is 7.03. The highest BCUT2D eigenvalue weighted by atomic mass is 32.2. The fourth-order valence-corrected chi connectivity index (χ4v) is 3.98. The Hall–Kier alpha value is -1.80. The first-order valence-corrected chi connectivity index (χ1v) is 8.09. The third-order valence-corrected chi connectivity index (χ3v) is 5.08. The van der Waals surface area contributed by atoms with Crippen LogP contribution in [0.25, 0.3) is 11.5 Å². The van der Waals surface area contributed by atoms with Crippen LogP contribution >= 0.6 is 0 Å². The van der Waals surface area contributed by atoms with Crippen LogP contribution < -0.4 is 5.73 Å². The quantitative estimate of drug-likeness (QED) is 0.876. The van der Waals surface area contributed by atoms with Gasteiger partial charge in [0.25, 0.3) is 5.89 Å². The van der Waals surface area contributed by atoms with Gasteiger partial charge in [-0.1, -0.05) is 5.16 Å². The first-order valence-electron chi connectivity index (χ1n) is 6.27. The Labute approximate surface area is 116 Å². The van der Waals surface area contributed by atoms with Crippen molar-refractivity contribution >= 4 is 9.84 Å². The number of nitrogens with zero attached hydrogens (tertiary/aromatic N) is 3. The molecular weight excluding hydrogens is 280 g/mol. The van der Waals surface area contributed by atoms with E-state index in [4.69, 9.17) is 10.3 Å². The summed E-state index contributed by atoms with van der Waals surface area (Å²) >= 11 is 0. The molecule has 0 aromatic carbocycles. The summed E-state index contributed by atoms with van der Waals surface area (Å²) < 4.78 is 28.1. The SMILES string of the molecule is NCc1cc(-c2nc(C3CCS(=O)(=O)C3)no2)ccn1. The predicted octanol–water partition coefficient (Wildman–Crippen LogP) is 0.492. The van der Waals surface area contributed by atoms with Crippen molar-refractivity contribution in [3.8, 4) is 11.5 Å². The average molecular weight is 294 g/mol. The lowest BCUT2D eigenvalue weighted by Gasteiger charge is -1.99. The van der Waals surface area contributed by atoms with Crippen molar-refractivity contribution in [3.05, 3.63) is 29.8 Å². The summed E-state index contributed by atoms with van der Waals surface area (Å²) in [6.07, 6.45) is 2.17. The molecule has 20 heavy (non-hydrogen) atoms. The first-order chi connectivity index (χ1) is 9.57. The second kappa shape index (κ2) is 4.95. The van der Waals surface area contributed by atoms with Gasteiger partial charge in [0, 0.05) is 24.2 Å². The van der Waals surface area contributed by atoms with Crippen molar-refractivity contribution in [3.63, 3.8) is 0 Å². The Morgan fingerprint density at radius 2 is 2.30 bits per heavy atom.